The quantitative estimate of drug-likeness (QED) is 0.196. The number of sulfonamides is 1. The lowest BCUT2D eigenvalue weighted by Crippen LogP contribution is -2.43. The lowest BCUT2D eigenvalue weighted by molar-refractivity contribution is -0.192. The summed E-state index contributed by atoms with van der Waals surface area (Å²) in [5, 5.41) is 10.7. The molecule has 220 valence electrons. The summed E-state index contributed by atoms with van der Waals surface area (Å²) >= 11 is 0. The number of carbonyl (C=O) groups is 2. The first kappa shape index (κ1) is 31.9. The first-order valence-electron chi connectivity index (χ1n) is 11.7. The molecule has 1 amide bonds. The van der Waals surface area contributed by atoms with Gasteiger partial charge in [0.2, 0.25) is 21.9 Å². The number of likely N-dealkylation sites (tertiary alicyclic amines) is 1. The molecule has 1 aliphatic heterocycles. The van der Waals surface area contributed by atoms with Crippen molar-refractivity contribution in [3.63, 3.8) is 0 Å². The number of aryl methyl sites for hydroxylation is 1. The highest BCUT2D eigenvalue weighted by Gasteiger charge is 2.38. The van der Waals surface area contributed by atoms with E-state index < -0.39 is 27.7 Å². The molecule has 0 saturated carbocycles. The van der Waals surface area contributed by atoms with Crippen molar-refractivity contribution in [2.45, 2.75) is 44.3 Å². The number of carbonyl (C=O) groups excluding carboxylic acids is 1. The van der Waals surface area contributed by atoms with Gasteiger partial charge in [0.15, 0.2) is 0 Å². The predicted molar refractivity (Wildman–Crippen MR) is 138 cm³/mol. The SMILES string of the molecule is Cc1ccc(NS(=O)(=O)Cc2ccccc2)c(=O)n1CC(=O)N1CCC(ON=C(N)N)CC1.O=C(O)C(F)(F)F. The third-order valence-electron chi connectivity index (χ3n) is 5.50. The van der Waals surface area contributed by atoms with E-state index in [0.717, 1.165) is 0 Å². The number of pyridine rings is 1. The normalized spacial score (nSPS) is 13.9. The van der Waals surface area contributed by atoms with Gasteiger partial charge in [-0.25, -0.2) is 13.2 Å². The molecule has 0 bridgehead atoms. The van der Waals surface area contributed by atoms with Crippen LogP contribution in [0.3, 0.4) is 0 Å². The highest BCUT2D eigenvalue weighted by Crippen LogP contribution is 2.16. The van der Waals surface area contributed by atoms with Gasteiger partial charge in [-0.3, -0.25) is 14.3 Å². The van der Waals surface area contributed by atoms with Crippen LogP contribution in [0.15, 0.2) is 52.4 Å². The molecule has 1 aromatic heterocycles. The first-order chi connectivity index (χ1) is 18.6. The zero-order valence-corrected chi connectivity index (χ0v) is 22.1. The Morgan fingerprint density at radius 3 is 2.23 bits per heavy atom. The van der Waals surface area contributed by atoms with E-state index in [4.69, 9.17) is 26.2 Å². The zero-order valence-electron chi connectivity index (χ0n) is 21.3. The fourth-order valence-corrected chi connectivity index (χ4v) is 4.72. The molecule has 0 unspecified atom stereocenters. The number of aliphatic carboxylic acids is 1. The third-order valence-corrected chi connectivity index (χ3v) is 6.74. The number of rotatable bonds is 8. The van der Waals surface area contributed by atoms with E-state index in [-0.39, 0.29) is 36.0 Å². The van der Waals surface area contributed by atoms with E-state index in [1.807, 2.05) is 0 Å². The van der Waals surface area contributed by atoms with Crippen LogP contribution in [0.4, 0.5) is 18.9 Å². The molecule has 1 aromatic carbocycles. The van der Waals surface area contributed by atoms with Crippen molar-refractivity contribution >= 4 is 33.5 Å². The van der Waals surface area contributed by atoms with Gasteiger partial charge >= 0.3 is 12.1 Å². The number of guanidine groups is 1. The second kappa shape index (κ2) is 13.7. The lowest BCUT2D eigenvalue weighted by atomic mass is 10.1. The summed E-state index contributed by atoms with van der Waals surface area (Å²) in [7, 11) is -3.81. The number of nitrogens with one attached hydrogen (secondary N) is 1. The van der Waals surface area contributed by atoms with Crippen molar-refractivity contribution in [3.8, 4) is 0 Å². The largest absolute Gasteiger partial charge is 0.490 e. The van der Waals surface area contributed by atoms with Crippen LogP contribution < -0.4 is 21.7 Å². The van der Waals surface area contributed by atoms with Crippen molar-refractivity contribution < 1.29 is 41.1 Å². The summed E-state index contributed by atoms with van der Waals surface area (Å²) in [6.07, 6.45) is -4.17. The Bertz CT molecular complexity index is 1370. The summed E-state index contributed by atoms with van der Waals surface area (Å²) in [5.74, 6) is -3.43. The number of piperidine rings is 1. The third kappa shape index (κ3) is 10.1. The Balaban J connectivity index is 0.000000708. The molecular weight excluding hydrogens is 561 g/mol. The number of nitrogens with zero attached hydrogens (tertiary/aromatic N) is 3. The van der Waals surface area contributed by atoms with Crippen LogP contribution >= 0.6 is 0 Å². The average molecular weight is 591 g/mol. The van der Waals surface area contributed by atoms with Crippen molar-refractivity contribution in [2.75, 3.05) is 17.8 Å². The van der Waals surface area contributed by atoms with Gasteiger partial charge in [0, 0.05) is 31.6 Å². The Kier molecular flexibility index (Phi) is 10.9. The number of oxime groups is 1. The van der Waals surface area contributed by atoms with Gasteiger partial charge in [-0.05, 0) is 29.8 Å². The molecule has 0 radical (unpaired) electrons. The molecule has 6 N–H and O–H groups in total. The number of alkyl halides is 3. The zero-order chi connectivity index (χ0) is 30.1. The molecule has 13 nitrogen and oxygen atoms in total. The van der Waals surface area contributed by atoms with Crippen LogP contribution in [0.25, 0.3) is 0 Å². The van der Waals surface area contributed by atoms with Gasteiger partial charge in [-0.15, -0.1) is 0 Å². The van der Waals surface area contributed by atoms with Crippen LogP contribution in [0, 0.1) is 6.92 Å². The van der Waals surface area contributed by atoms with Crippen molar-refractivity contribution in [1.29, 1.82) is 0 Å². The van der Waals surface area contributed by atoms with E-state index in [1.165, 1.54) is 10.6 Å². The molecule has 2 aromatic rings. The standard InChI is InChI=1S/C21H28N6O5S.C2HF3O2/c1-15-7-8-18(25-33(30,31)14-16-5-3-2-4-6-16)20(29)27(15)13-19(28)26-11-9-17(10-12-26)32-24-21(22)23;3-2(4,5)1(6)7/h2-8,17,25H,9-14H2,1H3,(H4,22,23,24);(H,6,7). The molecule has 3 rings (SSSR count). The molecule has 0 spiro atoms. The Hall–Kier alpha value is -4.28. The highest BCUT2D eigenvalue weighted by atomic mass is 32.2. The molecule has 17 heteroatoms. The van der Waals surface area contributed by atoms with Gasteiger partial charge in [0.05, 0.1) is 5.75 Å². The summed E-state index contributed by atoms with van der Waals surface area (Å²) < 4.78 is 60.4. The number of halogens is 3. The van der Waals surface area contributed by atoms with Crippen LogP contribution in [0.1, 0.15) is 24.1 Å². The number of amides is 1. The maximum Gasteiger partial charge on any atom is 0.490 e. The topological polar surface area (TPSA) is 199 Å². The second-order valence-corrected chi connectivity index (χ2v) is 10.4. The molecule has 1 fully saturated rings. The summed E-state index contributed by atoms with van der Waals surface area (Å²) in [5.41, 5.74) is 11.0. The lowest BCUT2D eigenvalue weighted by Gasteiger charge is -2.31. The fourth-order valence-electron chi connectivity index (χ4n) is 3.52. The van der Waals surface area contributed by atoms with Gasteiger partial charge in [0.1, 0.15) is 18.3 Å². The number of carboxylic acids is 1. The molecule has 0 atom stereocenters. The number of hydrogen-bond acceptors (Lipinski definition) is 7. The number of benzene rings is 1. The maximum atomic E-state index is 12.9. The van der Waals surface area contributed by atoms with Crippen LogP contribution in [-0.4, -0.2) is 66.2 Å². The van der Waals surface area contributed by atoms with Gasteiger partial charge in [-0.2, -0.15) is 13.2 Å². The van der Waals surface area contributed by atoms with Gasteiger partial charge in [-0.1, -0.05) is 30.3 Å². The number of hydrogen-bond donors (Lipinski definition) is 4. The van der Waals surface area contributed by atoms with Crippen molar-refractivity contribution in [3.05, 3.63) is 64.1 Å². The van der Waals surface area contributed by atoms with Gasteiger partial charge in [0.25, 0.3) is 5.56 Å². The van der Waals surface area contributed by atoms with Crippen LogP contribution in [0.2, 0.25) is 0 Å². The minimum absolute atomic E-state index is 0.103. The van der Waals surface area contributed by atoms with Crippen LogP contribution in [0.5, 0.6) is 0 Å². The molecule has 1 saturated heterocycles. The fraction of sp³-hybridized carbons (Fsp3) is 0.391. The Morgan fingerprint density at radius 1 is 1.12 bits per heavy atom. The molecule has 2 heterocycles. The van der Waals surface area contributed by atoms with E-state index in [0.29, 0.717) is 37.2 Å². The number of aromatic nitrogens is 1. The van der Waals surface area contributed by atoms with E-state index >= 15 is 0 Å². The maximum absolute atomic E-state index is 12.9. The van der Waals surface area contributed by atoms with Gasteiger partial charge < -0.3 is 30.9 Å². The molecule has 0 aliphatic carbocycles. The van der Waals surface area contributed by atoms with Crippen molar-refractivity contribution in [1.82, 2.24) is 9.47 Å². The molecular formula is C23H29F3N6O7S. The summed E-state index contributed by atoms with van der Waals surface area (Å²) in [6.45, 7) is 2.35. The number of nitrogens with two attached hydrogens (primary N) is 2. The smallest absolute Gasteiger partial charge is 0.475 e. The van der Waals surface area contributed by atoms with Crippen LogP contribution in [-0.2, 0) is 36.7 Å². The van der Waals surface area contributed by atoms with E-state index in [2.05, 4.69) is 9.88 Å². The van der Waals surface area contributed by atoms with Crippen molar-refractivity contribution in [2.24, 2.45) is 16.6 Å². The molecule has 1 aliphatic rings. The summed E-state index contributed by atoms with van der Waals surface area (Å²) in [4.78, 5) is 41.5. The van der Waals surface area contributed by atoms with E-state index in [1.54, 1.807) is 48.2 Å². The summed E-state index contributed by atoms with van der Waals surface area (Å²) in [6, 6.07) is 11.7. The molecule has 40 heavy (non-hydrogen) atoms. The highest BCUT2D eigenvalue weighted by molar-refractivity contribution is 7.91. The minimum Gasteiger partial charge on any atom is -0.475 e. The predicted octanol–water partition coefficient (Wildman–Crippen LogP) is 0.928. The number of carboxylic acid groups (broad SMARTS) is 1. The second-order valence-electron chi connectivity index (χ2n) is 8.63. The average Bonchev–Trinajstić information content (AvgIpc) is 2.87. The Labute approximate surface area is 227 Å². The first-order valence-corrected chi connectivity index (χ1v) is 13.3. The van der Waals surface area contributed by atoms with E-state index in [9.17, 15) is 31.2 Å². The Morgan fingerprint density at radius 2 is 1.70 bits per heavy atom. The minimum atomic E-state index is -5.08. The monoisotopic (exact) mass is 590 g/mol. The number of anilines is 1.